The smallest absolute Gasteiger partial charge is 0.239 e. The molecule has 0 amide bonds. The number of aromatic nitrogens is 6. The van der Waals surface area contributed by atoms with Crippen LogP contribution in [0.4, 0.5) is 0 Å². The number of aryl methyl sites for hydroxylation is 3. The van der Waals surface area contributed by atoms with Gasteiger partial charge in [0.25, 0.3) is 6.33 Å². The van der Waals surface area contributed by atoms with E-state index in [1.165, 1.54) is 0 Å². The van der Waals surface area contributed by atoms with Gasteiger partial charge in [0.05, 0.1) is 18.3 Å². The fraction of sp³-hybridized carbons (Fsp3) is 0.250. The standard InChI is InChI=1S/C16H16ClN6O/c1-10-4-5-22-13(10)16(24)21(9-19-22)6-12-7-23-14(11(12)2)15(17)20(3)8-18-23/h4-5,7-9H,6H2,1-3H3/q+1/p+1. The van der Waals surface area contributed by atoms with Gasteiger partial charge in [-0.15, -0.1) is 4.52 Å². The number of nitrogens with zero attached hydrogens (tertiary/aromatic N) is 5. The first kappa shape index (κ1) is 14.9. The van der Waals surface area contributed by atoms with E-state index >= 15 is 0 Å². The molecule has 4 heterocycles. The lowest BCUT2D eigenvalue weighted by atomic mass is 10.2. The van der Waals surface area contributed by atoms with E-state index in [4.69, 9.17) is 11.6 Å². The van der Waals surface area contributed by atoms with Gasteiger partial charge in [-0.2, -0.15) is 14.2 Å². The summed E-state index contributed by atoms with van der Waals surface area (Å²) in [6, 6.07) is 1.92. The minimum atomic E-state index is -0.0319. The van der Waals surface area contributed by atoms with Gasteiger partial charge in [-0.1, -0.05) is 0 Å². The molecule has 0 radical (unpaired) electrons. The predicted molar refractivity (Wildman–Crippen MR) is 88.2 cm³/mol. The van der Waals surface area contributed by atoms with Gasteiger partial charge in [0.15, 0.2) is 5.52 Å². The van der Waals surface area contributed by atoms with Crippen molar-refractivity contribution in [3.8, 4) is 0 Å². The molecule has 0 aliphatic carbocycles. The second kappa shape index (κ2) is 5.17. The van der Waals surface area contributed by atoms with Crippen LogP contribution >= 0.6 is 11.6 Å². The number of nitrogens with one attached hydrogen (secondary N) is 1. The Morgan fingerprint density at radius 1 is 1.33 bits per heavy atom. The van der Waals surface area contributed by atoms with Crippen LogP contribution in [0.3, 0.4) is 0 Å². The molecule has 0 spiro atoms. The molecular weight excluding hydrogens is 328 g/mol. The maximum atomic E-state index is 12.7. The maximum absolute atomic E-state index is 12.7. The summed E-state index contributed by atoms with van der Waals surface area (Å²) < 4.78 is 6.92. The SMILES string of the molecule is Cc1c(Cn2c[nH+]n3ccc(C)c3c2=O)cn2nc[n+](C)c(Cl)c12. The Morgan fingerprint density at radius 2 is 2.12 bits per heavy atom. The summed E-state index contributed by atoms with van der Waals surface area (Å²) in [6.07, 6.45) is 7.11. The first-order valence-electron chi connectivity index (χ1n) is 7.57. The zero-order valence-corrected chi connectivity index (χ0v) is 14.4. The number of H-pyrrole nitrogens is 1. The van der Waals surface area contributed by atoms with Gasteiger partial charge in [0.1, 0.15) is 12.1 Å². The highest BCUT2D eigenvalue weighted by molar-refractivity contribution is 6.31. The van der Waals surface area contributed by atoms with Crippen molar-refractivity contribution in [3.05, 3.63) is 63.3 Å². The Morgan fingerprint density at radius 3 is 2.92 bits per heavy atom. The molecule has 4 rings (SSSR count). The normalized spacial score (nSPS) is 11.7. The van der Waals surface area contributed by atoms with E-state index in [0.717, 1.165) is 22.2 Å². The summed E-state index contributed by atoms with van der Waals surface area (Å²) in [5.41, 5.74) is 4.44. The molecule has 8 heteroatoms. The first-order chi connectivity index (χ1) is 11.5. The van der Waals surface area contributed by atoms with E-state index in [9.17, 15) is 4.79 Å². The van der Waals surface area contributed by atoms with Crippen LogP contribution in [0.2, 0.25) is 5.15 Å². The van der Waals surface area contributed by atoms with E-state index in [1.54, 1.807) is 30.8 Å². The summed E-state index contributed by atoms with van der Waals surface area (Å²) in [4.78, 5) is 12.7. The molecule has 0 saturated carbocycles. The van der Waals surface area contributed by atoms with Crippen molar-refractivity contribution in [3.63, 3.8) is 0 Å². The Balaban J connectivity index is 1.87. The number of hydrogen-bond acceptors (Lipinski definition) is 2. The van der Waals surface area contributed by atoms with Crippen molar-refractivity contribution in [2.45, 2.75) is 20.4 Å². The number of fused-ring (bicyclic) bond motifs is 2. The van der Waals surface area contributed by atoms with Crippen LogP contribution in [0.25, 0.3) is 11.0 Å². The quantitative estimate of drug-likeness (QED) is 0.503. The second-order valence-corrected chi connectivity index (χ2v) is 6.37. The van der Waals surface area contributed by atoms with Gasteiger partial charge in [0.2, 0.25) is 5.15 Å². The van der Waals surface area contributed by atoms with Crippen molar-refractivity contribution in [1.82, 2.24) is 18.7 Å². The van der Waals surface area contributed by atoms with Crippen molar-refractivity contribution < 1.29 is 9.67 Å². The molecule has 1 N–H and O–H groups in total. The van der Waals surface area contributed by atoms with Crippen LogP contribution in [0.5, 0.6) is 0 Å². The van der Waals surface area contributed by atoms with Crippen molar-refractivity contribution in [1.29, 1.82) is 0 Å². The number of hydrogen-bond donors (Lipinski definition) is 0. The molecule has 4 aromatic heterocycles. The van der Waals surface area contributed by atoms with E-state index in [1.807, 2.05) is 39.4 Å². The minimum absolute atomic E-state index is 0.0319. The van der Waals surface area contributed by atoms with Gasteiger partial charge < -0.3 is 0 Å². The van der Waals surface area contributed by atoms with Gasteiger partial charge in [0, 0.05) is 11.8 Å². The molecule has 0 aromatic carbocycles. The highest BCUT2D eigenvalue weighted by Gasteiger charge is 2.20. The van der Waals surface area contributed by atoms with Crippen molar-refractivity contribution >= 4 is 22.6 Å². The molecule has 122 valence electrons. The first-order valence-corrected chi connectivity index (χ1v) is 7.95. The second-order valence-electron chi connectivity index (χ2n) is 6.01. The topological polar surface area (TPSA) is 61.7 Å². The van der Waals surface area contributed by atoms with E-state index in [0.29, 0.717) is 17.2 Å². The van der Waals surface area contributed by atoms with Crippen LogP contribution in [-0.2, 0) is 13.6 Å². The summed E-state index contributed by atoms with van der Waals surface area (Å²) in [5, 5.41) is 8.06. The molecule has 0 fully saturated rings. The van der Waals surface area contributed by atoms with Crippen LogP contribution in [0.1, 0.15) is 16.7 Å². The molecule has 7 nitrogen and oxygen atoms in total. The highest BCUT2D eigenvalue weighted by Crippen LogP contribution is 2.21. The molecule has 0 aliphatic heterocycles. The number of aromatic amines is 1. The Labute approximate surface area is 142 Å². The third kappa shape index (κ3) is 2.05. The number of halogens is 1. The maximum Gasteiger partial charge on any atom is 0.361 e. The lowest BCUT2D eigenvalue weighted by Gasteiger charge is -2.00. The fourth-order valence-electron chi connectivity index (χ4n) is 3.02. The van der Waals surface area contributed by atoms with Crippen LogP contribution in [0, 0.1) is 13.8 Å². The van der Waals surface area contributed by atoms with Crippen LogP contribution in [0.15, 0.2) is 35.9 Å². The molecule has 0 aliphatic rings. The highest BCUT2D eigenvalue weighted by atomic mass is 35.5. The lowest BCUT2D eigenvalue weighted by Crippen LogP contribution is -2.31. The molecule has 0 atom stereocenters. The average Bonchev–Trinajstić information content (AvgIpc) is 3.08. The van der Waals surface area contributed by atoms with E-state index in [2.05, 4.69) is 10.2 Å². The third-order valence-electron chi connectivity index (χ3n) is 4.44. The lowest BCUT2D eigenvalue weighted by molar-refractivity contribution is -0.671. The largest absolute Gasteiger partial charge is 0.361 e. The molecule has 0 unspecified atom stereocenters. The van der Waals surface area contributed by atoms with Crippen molar-refractivity contribution in [2.24, 2.45) is 7.05 Å². The zero-order chi connectivity index (χ0) is 17.0. The molecule has 0 bridgehead atoms. The Hall–Kier alpha value is -2.67. The third-order valence-corrected chi connectivity index (χ3v) is 4.89. The predicted octanol–water partition coefficient (Wildman–Crippen LogP) is 0.706. The summed E-state index contributed by atoms with van der Waals surface area (Å²) in [5.74, 6) is 0. The van der Waals surface area contributed by atoms with Gasteiger partial charge in [-0.3, -0.25) is 0 Å². The van der Waals surface area contributed by atoms with E-state index < -0.39 is 0 Å². The van der Waals surface area contributed by atoms with Crippen molar-refractivity contribution in [2.75, 3.05) is 0 Å². The van der Waals surface area contributed by atoms with Gasteiger partial charge in [-0.25, -0.2) is 9.36 Å². The Kier molecular flexibility index (Phi) is 3.21. The molecular formula is C16H17ClN6O+2. The van der Waals surface area contributed by atoms with Crippen LogP contribution in [-0.4, -0.2) is 18.7 Å². The molecule has 4 aromatic rings. The van der Waals surface area contributed by atoms with E-state index in [-0.39, 0.29) is 5.56 Å². The summed E-state index contributed by atoms with van der Waals surface area (Å²) >= 11 is 6.39. The Bertz CT molecular complexity index is 1150. The summed E-state index contributed by atoms with van der Waals surface area (Å²) in [7, 11) is 1.85. The molecule has 0 saturated heterocycles. The summed E-state index contributed by atoms with van der Waals surface area (Å²) in [6.45, 7) is 4.37. The van der Waals surface area contributed by atoms with Crippen LogP contribution < -0.4 is 15.2 Å². The monoisotopic (exact) mass is 344 g/mol. The fourth-order valence-corrected chi connectivity index (χ4v) is 3.29. The zero-order valence-electron chi connectivity index (χ0n) is 13.6. The minimum Gasteiger partial charge on any atom is -0.239 e. The molecule has 24 heavy (non-hydrogen) atoms. The van der Waals surface area contributed by atoms with Gasteiger partial charge in [-0.05, 0) is 42.6 Å². The average molecular weight is 345 g/mol. The van der Waals surface area contributed by atoms with Gasteiger partial charge >= 0.3 is 11.9 Å². The number of rotatable bonds is 2.